The number of nitrogens with two attached hydrogens (primary N) is 1. The van der Waals surface area contributed by atoms with E-state index in [2.05, 4.69) is 11.4 Å². The quantitative estimate of drug-likeness (QED) is 0.771. The molecule has 116 valence electrons. The van der Waals surface area contributed by atoms with Crippen LogP contribution in [0.25, 0.3) is 0 Å². The van der Waals surface area contributed by atoms with Crippen molar-refractivity contribution >= 4 is 0 Å². The van der Waals surface area contributed by atoms with Gasteiger partial charge in [-0.05, 0) is 61.8 Å². The van der Waals surface area contributed by atoms with Crippen molar-refractivity contribution in [1.29, 1.82) is 0 Å². The molecule has 1 aromatic carbocycles. The first kappa shape index (κ1) is 14.7. The summed E-state index contributed by atoms with van der Waals surface area (Å²) in [5.74, 6) is 2.96. The fraction of sp³-hybridized carbons (Fsp3) is 0.647. The number of hydrogen-bond acceptors (Lipinski definition) is 4. The van der Waals surface area contributed by atoms with Crippen LogP contribution in [0.4, 0.5) is 0 Å². The van der Waals surface area contributed by atoms with Gasteiger partial charge in [-0.3, -0.25) is 0 Å². The first-order chi connectivity index (χ1) is 10.2. The van der Waals surface area contributed by atoms with Gasteiger partial charge in [-0.15, -0.1) is 0 Å². The van der Waals surface area contributed by atoms with Gasteiger partial charge in [0.05, 0.1) is 19.8 Å². The molecule has 1 aromatic rings. The van der Waals surface area contributed by atoms with Crippen molar-refractivity contribution in [3.8, 4) is 11.5 Å². The van der Waals surface area contributed by atoms with Crippen LogP contribution in [-0.2, 0) is 5.54 Å². The predicted molar refractivity (Wildman–Crippen MR) is 83.7 cm³/mol. The Balaban J connectivity index is 1.78. The second-order valence-electron chi connectivity index (χ2n) is 6.46. The Morgan fingerprint density at radius 1 is 1.14 bits per heavy atom. The van der Waals surface area contributed by atoms with E-state index in [1.807, 2.05) is 12.1 Å². The van der Waals surface area contributed by atoms with Crippen molar-refractivity contribution in [2.45, 2.75) is 31.2 Å². The van der Waals surface area contributed by atoms with Gasteiger partial charge in [-0.1, -0.05) is 6.07 Å². The second kappa shape index (κ2) is 5.85. The molecule has 0 radical (unpaired) electrons. The molecule has 1 atom stereocenters. The molecule has 2 aliphatic rings. The zero-order valence-corrected chi connectivity index (χ0v) is 13.0. The van der Waals surface area contributed by atoms with Crippen LogP contribution in [0.3, 0.4) is 0 Å². The lowest BCUT2D eigenvalue weighted by atomic mass is 9.85. The molecule has 0 amide bonds. The lowest BCUT2D eigenvalue weighted by Crippen LogP contribution is -2.48. The van der Waals surface area contributed by atoms with Crippen molar-refractivity contribution in [1.82, 2.24) is 5.32 Å². The van der Waals surface area contributed by atoms with E-state index in [9.17, 15) is 0 Å². The lowest BCUT2D eigenvalue weighted by Gasteiger charge is -2.31. The fourth-order valence-corrected chi connectivity index (χ4v) is 3.01. The average molecular weight is 290 g/mol. The summed E-state index contributed by atoms with van der Waals surface area (Å²) < 4.78 is 10.7. The van der Waals surface area contributed by atoms with E-state index in [0.717, 1.165) is 36.1 Å². The third kappa shape index (κ3) is 3.16. The molecule has 3 rings (SSSR count). The highest BCUT2D eigenvalue weighted by atomic mass is 16.5. The van der Waals surface area contributed by atoms with E-state index in [1.165, 1.54) is 25.7 Å². The molecule has 0 aromatic heterocycles. The van der Waals surface area contributed by atoms with Crippen LogP contribution in [0.1, 0.15) is 31.2 Å². The summed E-state index contributed by atoms with van der Waals surface area (Å²) in [6.45, 7) is 1.93. The molecule has 2 aliphatic carbocycles. The van der Waals surface area contributed by atoms with Crippen LogP contribution < -0.4 is 20.5 Å². The lowest BCUT2D eigenvalue weighted by molar-refractivity contribution is 0.340. The number of nitrogens with one attached hydrogen (secondary N) is 1. The van der Waals surface area contributed by atoms with Gasteiger partial charge in [0.2, 0.25) is 0 Å². The van der Waals surface area contributed by atoms with Gasteiger partial charge in [0.1, 0.15) is 0 Å². The summed E-state index contributed by atoms with van der Waals surface area (Å²) in [7, 11) is 3.33. The summed E-state index contributed by atoms with van der Waals surface area (Å²) >= 11 is 0. The fourth-order valence-electron chi connectivity index (χ4n) is 3.01. The Morgan fingerprint density at radius 2 is 1.86 bits per heavy atom. The molecule has 3 N–H and O–H groups in total. The molecule has 2 fully saturated rings. The number of ether oxygens (including phenoxy) is 2. The number of hydrogen-bond donors (Lipinski definition) is 2. The number of methoxy groups -OCH3 is 2. The van der Waals surface area contributed by atoms with Gasteiger partial charge in [-0.25, -0.2) is 0 Å². The highest BCUT2D eigenvalue weighted by Crippen LogP contribution is 2.45. The van der Waals surface area contributed by atoms with E-state index in [4.69, 9.17) is 15.2 Å². The molecular formula is C17H26N2O2. The van der Waals surface area contributed by atoms with Gasteiger partial charge in [0, 0.05) is 6.54 Å². The largest absolute Gasteiger partial charge is 0.493 e. The minimum atomic E-state index is -0.297. The topological polar surface area (TPSA) is 56.5 Å². The molecule has 0 saturated heterocycles. The van der Waals surface area contributed by atoms with Crippen LogP contribution in [-0.4, -0.2) is 27.3 Å². The van der Waals surface area contributed by atoms with E-state index < -0.39 is 0 Å². The zero-order chi connectivity index (χ0) is 14.9. The number of benzene rings is 1. The maximum absolute atomic E-state index is 6.79. The number of rotatable bonds is 8. The Bertz CT molecular complexity index is 498. The van der Waals surface area contributed by atoms with Crippen molar-refractivity contribution in [2.75, 3.05) is 27.3 Å². The van der Waals surface area contributed by atoms with E-state index in [-0.39, 0.29) is 5.54 Å². The van der Waals surface area contributed by atoms with Crippen LogP contribution in [0, 0.1) is 11.8 Å². The van der Waals surface area contributed by atoms with E-state index in [1.54, 1.807) is 14.2 Å². The van der Waals surface area contributed by atoms with Crippen LogP contribution in [0.15, 0.2) is 18.2 Å². The average Bonchev–Trinajstić information content (AvgIpc) is 3.38. The summed E-state index contributed by atoms with van der Waals surface area (Å²) in [6, 6.07) is 6.08. The molecule has 4 heteroatoms. The Kier molecular flexibility index (Phi) is 4.09. The molecule has 21 heavy (non-hydrogen) atoms. The summed E-state index contributed by atoms with van der Waals surface area (Å²) in [5, 5.41) is 3.58. The van der Waals surface area contributed by atoms with Crippen molar-refractivity contribution in [2.24, 2.45) is 17.6 Å². The van der Waals surface area contributed by atoms with Gasteiger partial charge in [0.25, 0.3) is 0 Å². The summed E-state index contributed by atoms with van der Waals surface area (Å²) in [6.07, 6.45) is 5.17. The van der Waals surface area contributed by atoms with Gasteiger partial charge in [0.15, 0.2) is 11.5 Å². The van der Waals surface area contributed by atoms with E-state index in [0.29, 0.717) is 5.92 Å². The summed E-state index contributed by atoms with van der Waals surface area (Å²) in [5.41, 5.74) is 7.63. The maximum atomic E-state index is 6.79. The molecule has 0 spiro atoms. The van der Waals surface area contributed by atoms with Gasteiger partial charge < -0.3 is 20.5 Å². The van der Waals surface area contributed by atoms with Crippen molar-refractivity contribution in [3.63, 3.8) is 0 Å². The van der Waals surface area contributed by atoms with Crippen LogP contribution in [0.2, 0.25) is 0 Å². The van der Waals surface area contributed by atoms with E-state index >= 15 is 0 Å². The smallest absolute Gasteiger partial charge is 0.161 e. The summed E-state index contributed by atoms with van der Waals surface area (Å²) in [4.78, 5) is 0. The zero-order valence-electron chi connectivity index (χ0n) is 13.0. The highest BCUT2D eigenvalue weighted by molar-refractivity contribution is 5.45. The molecule has 0 bridgehead atoms. The molecule has 1 unspecified atom stereocenters. The molecule has 2 saturated carbocycles. The van der Waals surface area contributed by atoms with Crippen LogP contribution >= 0.6 is 0 Å². The highest BCUT2D eigenvalue weighted by Gasteiger charge is 2.43. The first-order valence-corrected chi connectivity index (χ1v) is 7.89. The minimum Gasteiger partial charge on any atom is -0.493 e. The van der Waals surface area contributed by atoms with Gasteiger partial charge in [-0.2, -0.15) is 0 Å². The molecule has 4 nitrogen and oxygen atoms in total. The van der Waals surface area contributed by atoms with Crippen molar-refractivity contribution in [3.05, 3.63) is 23.8 Å². The Morgan fingerprint density at radius 3 is 2.43 bits per heavy atom. The predicted octanol–water partition coefficient (Wildman–Crippen LogP) is 2.27. The first-order valence-electron chi connectivity index (χ1n) is 7.89. The third-order valence-corrected chi connectivity index (χ3v) is 4.77. The second-order valence-corrected chi connectivity index (χ2v) is 6.46. The standard InChI is InChI=1S/C17H26N2O2/c1-20-15-8-7-14(9-16(15)21-2)17(18,13-5-6-13)11-19-10-12-3-4-12/h7-9,12-13,19H,3-6,10-11,18H2,1-2H3. The van der Waals surface area contributed by atoms with Crippen LogP contribution in [0.5, 0.6) is 11.5 Å². The SMILES string of the molecule is COc1ccc(C(N)(CNCC2CC2)C2CC2)cc1OC. The Labute approximate surface area is 127 Å². The van der Waals surface area contributed by atoms with Crippen molar-refractivity contribution < 1.29 is 9.47 Å². The minimum absolute atomic E-state index is 0.297. The maximum Gasteiger partial charge on any atom is 0.161 e. The van der Waals surface area contributed by atoms with Gasteiger partial charge >= 0.3 is 0 Å². The molecule has 0 aliphatic heterocycles. The Hall–Kier alpha value is -1.26. The molecular weight excluding hydrogens is 264 g/mol. The monoisotopic (exact) mass is 290 g/mol. The third-order valence-electron chi connectivity index (χ3n) is 4.77. The molecule has 0 heterocycles. The normalized spacial score (nSPS) is 20.9.